The number of anilines is 1. The van der Waals surface area contributed by atoms with Gasteiger partial charge in [0, 0.05) is 11.1 Å². The van der Waals surface area contributed by atoms with Crippen molar-refractivity contribution < 1.29 is 23.9 Å². The maximum atomic E-state index is 12.5. The van der Waals surface area contributed by atoms with Crippen LogP contribution in [-0.2, 0) is 20.7 Å². The Morgan fingerprint density at radius 2 is 1.93 bits per heavy atom. The molecule has 0 aliphatic rings. The minimum Gasteiger partial charge on any atom is -0.462 e. The average Bonchev–Trinajstić information content (AvgIpc) is 3.01. The smallest absolute Gasteiger partial charge is 0.357 e. The molecule has 7 nitrogen and oxygen atoms in total. The van der Waals surface area contributed by atoms with Gasteiger partial charge in [0.15, 0.2) is 6.61 Å². The molecule has 2 heterocycles. The van der Waals surface area contributed by atoms with Gasteiger partial charge >= 0.3 is 11.9 Å². The van der Waals surface area contributed by atoms with Gasteiger partial charge in [0.05, 0.1) is 12.2 Å². The zero-order valence-corrected chi connectivity index (χ0v) is 17.9. The van der Waals surface area contributed by atoms with Crippen molar-refractivity contribution in [1.29, 1.82) is 0 Å². The number of nitrogens with one attached hydrogen (secondary N) is 1. The van der Waals surface area contributed by atoms with Crippen LogP contribution in [0.15, 0.2) is 24.4 Å². The van der Waals surface area contributed by atoms with Crippen LogP contribution in [0.2, 0.25) is 0 Å². The van der Waals surface area contributed by atoms with Gasteiger partial charge in [-0.2, -0.15) is 0 Å². The van der Waals surface area contributed by atoms with Crippen molar-refractivity contribution in [3.05, 3.63) is 46.1 Å². The summed E-state index contributed by atoms with van der Waals surface area (Å²) < 4.78 is 10.2. The highest BCUT2D eigenvalue weighted by molar-refractivity contribution is 7.16. The van der Waals surface area contributed by atoms with Crippen LogP contribution < -0.4 is 5.32 Å². The molecule has 0 saturated heterocycles. The average molecular weight is 419 g/mol. The maximum Gasteiger partial charge on any atom is 0.357 e. The number of esters is 2. The van der Waals surface area contributed by atoms with Crippen molar-refractivity contribution in [1.82, 2.24) is 4.98 Å². The normalized spacial score (nSPS) is 11.6. The van der Waals surface area contributed by atoms with E-state index in [0.29, 0.717) is 16.5 Å². The zero-order chi connectivity index (χ0) is 21.4. The number of nitrogens with zero attached hydrogens (tertiary/aromatic N) is 1. The van der Waals surface area contributed by atoms with E-state index < -0.39 is 24.5 Å². The first kappa shape index (κ1) is 22.5. The standard InChI is InChI=1S/C21H26N2O5S/c1-5-13(3)11-15-14(4)29-19(18(15)21(26)27-6-2)23-17(24)12-28-20(25)16-9-7-8-10-22-16/h7-10,13H,5-6,11-12H2,1-4H3,(H,23,24)/t13-/m0/s1. The lowest BCUT2D eigenvalue weighted by Gasteiger charge is -2.12. The third kappa shape index (κ3) is 6.12. The van der Waals surface area contributed by atoms with E-state index in [1.807, 2.05) is 6.92 Å². The topological polar surface area (TPSA) is 94.6 Å². The van der Waals surface area contributed by atoms with Crippen molar-refractivity contribution >= 4 is 34.2 Å². The summed E-state index contributed by atoms with van der Waals surface area (Å²) in [6.45, 7) is 7.62. The Labute approximate surface area is 174 Å². The number of carbonyl (C=O) groups is 3. The van der Waals surface area contributed by atoms with Crippen molar-refractivity contribution in [2.45, 2.75) is 40.5 Å². The molecular weight excluding hydrogens is 392 g/mol. The molecule has 156 valence electrons. The molecule has 1 atom stereocenters. The van der Waals surface area contributed by atoms with E-state index in [1.54, 1.807) is 19.1 Å². The van der Waals surface area contributed by atoms with E-state index in [0.717, 1.165) is 23.3 Å². The summed E-state index contributed by atoms with van der Waals surface area (Å²) in [7, 11) is 0. The molecule has 0 bridgehead atoms. The Hall–Kier alpha value is -2.74. The molecule has 29 heavy (non-hydrogen) atoms. The molecule has 0 spiro atoms. The third-order valence-electron chi connectivity index (χ3n) is 4.40. The summed E-state index contributed by atoms with van der Waals surface area (Å²) in [5.74, 6) is -1.29. The number of rotatable bonds is 9. The number of hydrogen-bond donors (Lipinski definition) is 1. The largest absolute Gasteiger partial charge is 0.462 e. The minimum absolute atomic E-state index is 0.121. The number of pyridine rings is 1. The molecule has 0 aromatic carbocycles. The van der Waals surface area contributed by atoms with Gasteiger partial charge in [0.2, 0.25) is 0 Å². The number of aryl methyl sites for hydroxylation is 1. The van der Waals surface area contributed by atoms with Crippen LogP contribution >= 0.6 is 11.3 Å². The van der Waals surface area contributed by atoms with E-state index in [9.17, 15) is 14.4 Å². The van der Waals surface area contributed by atoms with Gasteiger partial charge < -0.3 is 14.8 Å². The first-order valence-electron chi connectivity index (χ1n) is 9.54. The molecule has 2 aromatic rings. The molecule has 1 amide bonds. The van der Waals surface area contributed by atoms with Crippen molar-refractivity contribution in [3.63, 3.8) is 0 Å². The summed E-state index contributed by atoms with van der Waals surface area (Å²) in [6.07, 6.45) is 3.16. The molecule has 0 aliphatic carbocycles. The monoisotopic (exact) mass is 418 g/mol. The molecule has 0 radical (unpaired) electrons. The van der Waals surface area contributed by atoms with E-state index >= 15 is 0 Å². The molecule has 8 heteroatoms. The van der Waals surface area contributed by atoms with Crippen molar-refractivity contribution in [2.24, 2.45) is 5.92 Å². The summed E-state index contributed by atoms with van der Waals surface area (Å²) in [5, 5.41) is 3.11. The van der Waals surface area contributed by atoms with Crippen LogP contribution in [0.3, 0.4) is 0 Å². The molecule has 0 aliphatic heterocycles. The van der Waals surface area contributed by atoms with Crippen LogP contribution in [0.4, 0.5) is 5.00 Å². The van der Waals surface area contributed by atoms with Gasteiger partial charge in [0.25, 0.3) is 5.91 Å². The molecule has 0 unspecified atom stereocenters. The number of aromatic nitrogens is 1. The fourth-order valence-electron chi connectivity index (χ4n) is 2.68. The van der Waals surface area contributed by atoms with Gasteiger partial charge in [-0.3, -0.25) is 4.79 Å². The van der Waals surface area contributed by atoms with Gasteiger partial charge in [-0.05, 0) is 43.9 Å². The van der Waals surface area contributed by atoms with Crippen LogP contribution in [-0.4, -0.2) is 36.0 Å². The minimum atomic E-state index is -0.689. The molecule has 0 saturated carbocycles. The molecule has 2 rings (SSSR count). The second-order valence-electron chi connectivity index (χ2n) is 6.62. The molecular formula is C21H26N2O5S. The zero-order valence-electron chi connectivity index (χ0n) is 17.1. The van der Waals surface area contributed by atoms with E-state index in [4.69, 9.17) is 9.47 Å². The van der Waals surface area contributed by atoms with Crippen molar-refractivity contribution in [2.75, 3.05) is 18.5 Å². The van der Waals surface area contributed by atoms with Gasteiger partial charge in [0.1, 0.15) is 10.7 Å². The highest BCUT2D eigenvalue weighted by atomic mass is 32.1. The van der Waals surface area contributed by atoms with Crippen LogP contribution in [0, 0.1) is 12.8 Å². The Balaban J connectivity index is 2.13. The second-order valence-corrected chi connectivity index (χ2v) is 7.84. The Morgan fingerprint density at radius 1 is 1.17 bits per heavy atom. The number of ether oxygens (including phenoxy) is 2. The summed E-state index contributed by atoms with van der Waals surface area (Å²) in [6, 6.07) is 4.84. The Bertz CT molecular complexity index is 863. The first-order valence-corrected chi connectivity index (χ1v) is 10.4. The lowest BCUT2D eigenvalue weighted by Crippen LogP contribution is -2.22. The highest BCUT2D eigenvalue weighted by Gasteiger charge is 2.25. The summed E-state index contributed by atoms with van der Waals surface area (Å²) in [4.78, 5) is 41.6. The van der Waals surface area contributed by atoms with E-state index in [-0.39, 0.29) is 12.3 Å². The fourth-order valence-corrected chi connectivity index (χ4v) is 3.76. The number of hydrogen-bond acceptors (Lipinski definition) is 7. The van der Waals surface area contributed by atoms with Gasteiger partial charge in [-0.25, -0.2) is 14.6 Å². The number of amides is 1. The van der Waals surface area contributed by atoms with Crippen LogP contribution in [0.25, 0.3) is 0 Å². The number of thiophene rings is 1. The Kier molecular flexibility index (Phi) is 8.33. The fraction of sp³-hybridized carbons (Fsp3) is 0.429. The third-order valence-corrected chi connectivity index (χ3v) is 5.46. The van der Waals surface area contributed by atoms with Gasteiger partial charge in [-0.15, -0.1) is 11.3 Å². The first-order chi connectivity index (χ1) is 13.9. The van der Waals surface area contributed by atoms with Crippen molar-refractivity contribution in [3.8, 4) is 0 Å². The maximum absolute atomic E-state index is 12.5. The molecule has 0 fully saturated rings. The van der Waals surface area contributed by atoms with E-state index in [2.05, 4.69) is 24.1 Å². The predicted molar refractivity (Wildman–Crippen MR) is 111 cm³/mol. The quantitative estimate of drug-likeness (QED) is 0.618. The molecule has 2 aromatic heterocycles. The SMILES string of the molecule is CCOC(=O)c1c(NC(=O)COC(=O)c2ccccn2)sc(C)c1C[C@@H](C)CC. The summed E-state index contributed by atoms with van der Waals surface area (Å²) >= 11 is 1.32. The van der Waals surface area contributed by atoms with E-state index in [1.165, 1.54) is 23.6 Å². The summed E-state index contributed by atoms with van der Waals surface area (Å²) in [5.41, 5.74) is 1.40. The lowest BCUT2D eigenvalue weighted by molar-refractivity contribution is -0.119. The molecule has 1 N–H and O–H groups in total. The van der Waals surface area contributed by atoms with Crippen LogP contribution in [0.1, 0.15) is 58.5 Å². The predicted octanol–water partition coefficient (Wildman–Crippen LogP) is 4.01. The van der Waals surface area contributed by atoms with Crippen LogP contribution in [0.5, 0.6) is 0 Å². The Morgan fingerprint density at radius 3 is 2.55 bits per heavy atom. The highest BCUT2D eigenvalue weighted by Crippen LogP contribution is 2.35. The van der Waals surface area contributed by atoms with Gasteiger partial charge in [-0.1, -0.05) is 26.3 Å². The number of carbonyl (C=O) groups excluding carboxylic acids is 3. The second kappa shape index (κ2) is 10.7. The lowest BCUT2D eigenvalue weighted by atomic mass is 9.96.